The van der Waals surface area contributed by atoms with Gasteiger partial charge in [0.2, 0.25) is 0 Å². The van der Waals surface area contributed by atoms with Gasteiger partial charge in [0, 0.05) is 30.9 Å². The molecular weight excluding hydrogens is 228 g/mol. The molecule has 0 aromatic heterocycles. The molecule has 1 aliphatic heterocycles. The molecule has 4 heteroatoms. The smallest absolute Gasteiger partial charge is 0.251 e. The van der Waals surface area contributed by atoms with Crippen molar-refractivity contribution in [3.63, 3.8) is 0 Å². The molecule has 1 heterocycles. The average molecular weight is 248 g/mol. The van der Waals surface area contributed by atoms with E-state index in [4.69, 9.17) is 4.74 Å². The second-order valence-corrected chi connectivity index (χ2v) is 4.69. The van der Waals surface area contributed by atoms with Crippen molar-refractivity contribution in [1.82, 2.24) is 5.32 Å². The first-order valence-electron chi connectivity index (χ1n) is 6.38. The molecule has 4 nitrogen and oxygen atoms in total. The number of amides is 1. The number of fused-ring (bicyclic) bond motifs is 1. The van der Waals surface area contributed by atoms with Crippen LogP contribution in [0.4, 0.5) is 5.69 Å². The second kappa shape index (κ2) is 5.87. The van der Waals surface area contributed by atoms with E-state index >= 15 is 0 Å². The van der Waals surface area contributed by atoms with Crippen molar-refractivity contribution >= 4 is 11.6 Å². The van der Waals surface area contributed by atoms with Crippen LogP contribution in [-0.4, -0.2) is 32.2 Å². The third kappa shape index (κ3) is 2.82. The van der Waals surface area contributed by atoms with E-state index in [-0.39, 0.29) is 11.9 Å². The predicted octanol–water partition coefficient (Wildman–Crippen LogP) is 1.81. The maximum atomic E-state index is 12.2. The van der Waals surface area contributed by atoms with Crippen LogP contribution in [0.3, 0.4) is 0 Å². The fraction of sp³-hybridized carbons (Fsp3) is 0.500. The van der Waals surface area contributed by atoms with Gasteiger partial charge in [-0.1, -0.05) is 6.07 Å². The SMILES string of the molecule is COCC(C)NC(=O)c1cccc2c1CCCN2. The number of methoxy groups -OCH3 is 1. The Hall–Kier alpha value is -1.55. The van der Waals surface area contributed by atoms with E-state index < -0.39 is 0 Å². The van der Waals surface area contributed by atoms with Crippen LogP contribution in [0.25, 0.3) is 0 Å². The molecule has 98 valence electrons. The second-order valence-electron chi connectivity index (χ2n) is 4.69. The van der Waals surface area contributed by atoms with Crippen LogP contribution in [0.1, 0.15) is 29.3 Å². The largest absolute Gasteiger partial charge is 0.385 e. The van der Waals surface area contributed by atoms with Crippen molar-refractivity contribution in [2.24, 2.45) is 0 Å². The van der Waals surface area contributed by atoms with Gasteiger partial charge in [-0.2, -0.15) is 0 Å². The molecular formula is C14H20N2O2. The third-order valence-corrected chi connectivity index (χ3v) is 3.13. The predicted molar refractivity (Wildman–Crippen MR) is 72.1 cm³/mol. The maximum Gasteiger partial charge on any atom is 0.251 e. The molecule has 0 bridgehead atoms. The zero-order valence-electron chi connectivity index (χ0n) is 11.0. The first kappa shape index (κ1) is 12.9. The van der Waals surface area contributed by atoms with Gasteiger partial charge in [0.1, 0.15) is 0 Å². The Labute approximate surface area is 108 Å². The van der Waals surface area contributed by atoms with Crippen LogP contribution in [0.5, 0.6) is 0 Å². The normalized spacial score (nSPS) is 15.4. The Morgan fingerprint density at radius 2 is 2.39 bits per heavy atom. The van der Waals surface area contributed by atoms with Crippen molar-refractivity contribution in [3.8, 4) is 0 Å². The lowest BCUT2D eigenvalue weighted by molar-refractivity contribution is 0.0904. The minimum Gasteiger partial charge on any atom is -0.385 e. The summed E-state index contributed by atoms with van der Waals surface area (Å²) in [6, 6.07) is 5.87. The van der Waals surface area contributed by atoms with Gasteiger partial charge in [-0.25, -0.2) is 0 Å². The number of ether oxygens (including phenoxy) is 1. The van der Waals surface area contributed by atoms with E-state index in [2.05, 4.69) is 10.6 Å². The molecule has 1 aliphatic rings. The van der Waals surface area contributed by atoms with Crippen molar-refractivity contribution in [2.45, 2.75) is 25.8 Å². The molecule has 0 saturated carbocycles. The Morgan fingerprint density at radius 3 is 3.17 bits per heavy atom. The zero-order valence-corrected chi connectivity index (χ0v) is 11.0. The van der Waals surface area contributed by atoms with E-state index in [9.17, 15) is 4.79 Å². The summed E-state index contributed by atoms with van der Waals surface area (Å²) in [7, 11) is 1.64. The number of hydrogen-bond donors (Lipinski definition) is 2. The highest BCUT2D eigenvalue weighted by Gasteiger charge is 2.18. The van der Waals surface area contributed by atoms with Crippen molar-refractivity contribution in [3.05, 3.63) is 29.3 Å². The minimum absolute atomic E-state index is 0.0138. The number of hydrogen-bond acceptors (Lipinski definition) is 3. The summed E-state index contributed by atoms with van der Waals surface area (Å²) in [5, 5.41) is 6.29. The van der Waals surface area contributed by atoms with Gasteiger partial charge in [0.15, 0.2) is 0 Å². The van der Waals surface area contributed by atoms with Gasteiger partial charge in [-0.15, -0.1) is 0 Å². The van der Waals surface area contributed by atoms with E-state index in [0.29, 0.717) is 6.61 Å². The summed E-state index contributed by atoms with van der Waals surface area (Å²) in [5.41, 5.74) is 3.00. The molecule has 2 rings (SSSR count). The number of carbonyl (C=O) groups excluding carboxylic acids is 1. The molecule has 2 N–H and O–H groups in total. The maximum absolute atomic E-state index is 12.2. The van der Waals surface area contributed by atoms with Crippen LogP contribution in [0, 0.1) is 0 Å². The van der Waals surface area contributed by atoms with Crippen LogP contribution < -0.4 is 10.6 Å². The third-order valence-electron chi connectivity index (χ3n) is 3.13. The Morgan fingerprint density at radius 1 is 1.56 bits per heavy atom. The number of rotatable bonds is 4. The van der Waals surface area contributed by atoms with E-state index in [1.54, 1.807) is 7.11 Å². The highest BCUT2D eigenvalue weighted by molar-refractivity contribution is 5.97. The van der Waals surface area contributed by atoms with Gasteiger partial charge >= 0.3 is 0 Å². The summed E-state index contributed by atoms with van der Waals surface area (Å²) >= 11 is 0. The number of carbonyl (C=O) groups is 1. The molecule has 0 radical (unpaired) electrons. The van der Waals surface area contributed by atoms with Gasteiger partial charge in [0.05, 0.1) is 6.61 Å². The summed E-state index contributed by atoms with van der Waals surface area (Å²) in [4.78, 5) is 12.2. The molecule has 1 aromatic rings. The lowest BCUT2D eigenvalue weighted by Gasteiger charge is -2.21. The summed E-state index contributed by atoms with van der Waals surface area (Å²) in [6.45, 7) is 3.45. The first-order chi connectivity index (χ1) is 8.72. The fourth-order valence-electron chi connectivity index (χ4n) is 2.32. The highest BCUT2D eigenvalue weighted by Crippen LogP contribution is 2.25. The summed E-state index contributed by atoms with van der Waals surface area (Å²) in [6.07, 6.45) is 2.04. The van der Waals surface area contributed by atoms with Crippen LogP contribution in [-0.2, 0) is 11.2 Å². The Bertz CT molecular complexity index is 432. The average Bonchev–Trinajstić information content (AvgIpc) is 2.38. The fourth-order valence-corrected chi connectivity index (χ4v) is 2.32. The van der Waals surface area contributed by atoms with Gasteiger partial charge in [0.25, 0.3) is 5.91 Å². The van der Waals surface area contributed by atoms with Crippen LogP contribution >= 0.6 is 0 Å². The van der Waals surface area contributed by atoms with Crippen molar-refractivity contribution in [2.75, 3.05) is 25.6 Å². The molecule has 18 heavy (non-hydrogen) atoms. The quantitative estimate of drug-likeness (QED) is 0.854. The van der Waals surface area contributed by atoms with Crippen molar-refractivity contribution < 1.29 is 9.53 Å². The standard InChI is InChI=1S/C14H20N2O2/c1-10(9-18-2)16-14(17)12-5-3-7-13-11(12)6-4-8-15-13/h3,5,7,10,15H,4,6,8-9H2,1-2H3,(H,16,17). The minimum atomic E-state index is -0.0138. The molecule has 1 amide bonds. The summed E-state index contributed by atoms with van der Waals surface area (Å²) < 4.78 is 5.03. The highest BCUT2D eigenvalue weighted by atomic mass is 16.5. The lowest BCUT2D eigenvalue weighted by Crippen LogP contribution is -2.36. The number of anilines is 1. The Kier molecular flexibility index (Phi) is 4.20. The number of benzene rings is 1. The molecule has 1 unspecified atom stereocenters. The van der Waals surface area contributed by atoms with Crippen molar-refractivity contribution in [1.29, 1.82) is 0 Å². The monoisotopic (exact) mass is 248 g/mol. The lowest BCUT2D eigenvalue weighted by atomic mass is 9.97. The van der Waals surface area contributed by atoms with Gasteiger partial charge < -0.3 is 15.4 Å². The molecule has 0 spiro atoms. The van der Waals surface area contributed by atoms with Crippen LogP contribution in [0.15, 0.2) is 18.2 Å². The molecule has 0 aliphatic carbocycles. The Balaban J connectivity index is 2.15. The van der Waals surface area contributed by atoms with Crippen LogP contribution in [0.2, 0.25) is 0 Å². The zero-order chi connectivity index (χ0) is 13.0. The number of nitrogens with one attached hydrogen (secondary N) is 2. The summed E-state index contributed by atoms with van der Waals surface area (Å²) in [5.74, 6) is -0.0138. The molecule has 1 atom stereocenters. The van der Waals surface area contributed by atoms with Gasteiger partial charge in [-0.05, 0) is 37.5 Å². The molecule has 0 fully saturated rings. The van der Waals surface area contributed by atoms with Gasteiger partial charge in [-0.3, -0.25) is 4.79 Å². The topological polar surface area (TPSA) is 50.4 Å². The molecule has 0 saturated heterocycles. The first-order valence-corrected chi connectivity index (χ1v) is 6.38. The van der Waals surface area contributed by atoms with E-state index in [1.807, 2.05) is 25.1 Å². The van der Waals surface area contributed by atoms with E-state index in [0.717, 1.165) is 36.2 Å². The molecule has 1 aromatic carbocycles. The van der Waals surface area contributed by atoms with E-state index in [1.165, 1.54) is 0 Å².